The molecule has 3 aromatic rings. The fraction of sp³-hybridized carbons (Fsp3) is 0.318. The maximum Gasteiger partial charge on any atom is 0.308 e. The van der Waals surface area contributed by atoms with Crippen molar-refractivity contribution in [2.45, 2.75) is 34.1 Å². The van der Waals surface area contributed by atoms with Gasteiger partial charge in [-0.25, -0.2) is 14.6 Å². The summed E-state index contributed by atoms with van der Waals surface area (Å²) in [4.78, 5) is 33.0. The van der Waals surface area contributed by atoms with Gasteiger partial charge >= 0.3 is 5.97 Å². The van der Waals surface area contributed by atoms with Gasteiger partial charge in [0.1, 0.15) is 0 Å². The largest absolute Gasteiger partial charge is 0.481 e. The molecule has 1 atom stereocenters. The van der Waals surface area contributed by atoms with Gasteiger partial charge in [-0.1, -0.05) is 29.8 Å². The van der Waals surface area contributed by atoms with E-state index in [1.165, 1.54) is 4.68 Å². The lowest BCUT2D eigenvalue weighted by atomic mass is 9.98. The molecule has 8 heteroatoms. The number of carboxylic acids is 1. The van der Waals surface area contributed by atoms with E-state index >= 15 is 0 Å². The molecule has 0 aliphatic carbocycles. The second-order valence-electron chi connectivity index (χ2n) is 7.46. The van der Waals surface area contributed by atoms with Gasteiger partial charge < -0.3 is 10.4 Å². The smallest absolute Gasteiger partial charge is 0.308 e. The lowest BCUT2D eigenvalue weighted by Gasteiger charge is -2.13. The number of rotatable bonds is 7. The summed E-state index contributed by atoms with van der Waals surface area (Å²) in [5.41, 5.74) is 4.50. The number of hydrogen-bond donors (Lipinski definition) is 2. The first kappa shape index (κ1) is 21.2. The second kappa shape index (κ2) is 8.86. The van der Waals surface area contributed by atoms with Crippen LogP contribution in [0.15, 0.2) is 36.5 Å². The van der Waals surface area contributed by atoms with E-state index in [9.17, 15) is 14.7 Å². The number of aromatic nitrogens is 4. The van der Waals surface area contributed by atoms with Gasteiger partial charge in [0.15, 0.2) is 0 Å². The zero-order valence-corrected chi connectivity index (χ0v) is 17.5. The summed E-state index contributed by atoms with van der Waals surface area (Å²) in [5, 5.41) is 16.6. The highest BCUT2D eigenvalue weighted by Crippen LogP contribution is 2.13. The molecule has 30 heavy (non-hydrogen) atoms. The molecule has 0 saturated heterocycles. The van der Waals surface area contributed by atoms with Crippen molar-refractivity contribution in [2.75, 3.05) is 6.54 Å². The average molecular weight is 407 g/mol. The standard InChI is InChI=1S/C22H25N5O3/c1-13-5-7-17(8-6-13)10-18(21(29)30)11-23-20(28)19-12-27(26-16(19)4)22-24-14(2)9-15(3)25-22/h5-9,12,18H,10-11H2,1-4H3,(H,23,28)(H,29,30)/t18-/m1/s1. The van der Waals surface area contributed by atoms with Gasteiger partial charge in [0.25, 0.3) is 11.9 Å². The van der Waals surface area contributed by atoms with Gasteiger partial charge in [-0.2, -0.15) is 5.10 Å². The molecule has 1 amide bonds. The summed E-state index contributed by atoms with van der Waals surface area (Å²) in [6.45, 7) is 7.44. The Morgan fingerprint density at radius 2 is 1.70 bits per heavy atom. The number of carbonyl (C=O) groups excluding carboxylic acids is 1. The Labute approximate surface area is 175 Å². The van der Waals surface area contributed by atoms with E-state index in [4.69, 9.17) is 0 Å². The molecule has 1 aromatic carbocycles. The highest BCUT2D eigenvalue weighted by molar-refractivity contribution is 5.95. The first-order valence-corrected chi connectivity index (χ1v) is 9.68. The van der Waals surface area contributed by atoms with Crippen molar-refractivity contribution in [3.05, 3.63) is 70.3 Å². The van der Waals surface area contributed by atoms with Crippen molar-refractivity contribution in [1.29, 1.82) is 0 Å². The van der Waals surface area contributed by atoms with Gasteiger partial charge in [-0.3, -0.25) is 9.59 Å². The Kier molecular flexibility index (Phi) is 6.25. The summed E-state index contributed by atoms with van der Waals surface area (Å²) in [7, 11) is 0. The van der Waals surface area contributed by atoms with Gasteiger partial charge in [-0.15, -0.1) is 0 Å². The van der Waals surface area contributed by atoms with Crippen LogP contribution in [0.25, 0.3) is 5.95 Å². The Morgan fingerprint density at radius 1 is 1.07 bits per heavy atom. The number of carboxylic acid groups (broad SMARTS) is 1. The third kappa shape index (κ3) is 5.08. The quantitative estimate of drug-likeness (QED) is 0.623. The van der Waals surface area contributed by atoms with Crippen molar-refractivity contribution in [1.82, 2.24) is 25.1 Å². The number of nitrogens with zero attached hydrogens (tertiary/aromatic N) is 4. The van der Waals surface area contributed by atoms with E-state index in [1.807, 2.05) is 51.1 Å². The number of benzene rings is 1. The zero-order valence-electron chi connectivity index (χ0n) is 17.5. The van der Waals surface area contributed by atoms with Crippen LogP contribution >= 0.6 is 0 Å². The maximum absolute atomic E-state index is 12.7. The summed E-state index contributed by atoms with van der Waals surface area (Å²) in [6, 6.07) is 9.56. The van der Waals surface area contributed by atoms with Crippen LogP contribution in [0.4, 0.5) is 0 Å². The van der Waals surface area contributed by atoms with E-state index in [-0.39, 0.29) is 12.5 Å². The highest BCUT2D eigenvalue weighted by Gasteiger charge is 2.21. The molecule has 2 N–H and O–H groups in total. The van der Waals surface area contributed by atoms with Crippen molar-refractivity contribution in [3.63, 3.8) is 0 Å². The molecule has 156 valence electrons. The summed E-state index contributed by atoms with van der Waals surface area (Å²) >= 11 is 0. The van der Waals surface area contributed by atoms with Crippen molar-refractivity contribution >= 4 is 11.9 Å². The Morgan fingerprint density at radius 3 is 2.30 bits per heavy atom. The molecular weight excluding hydrogens is 382 g/mol. The monoisotopic (exact) mass is 407 g/mol. The van der Waals surface area contributed by atoms with Crippen LogP contribution < -0.4 is 5.32 Å². The molecule has 0 unspecified atom stereocenters. The van der Waals surface area contributed by atoms with Crippen LogP contribution in [0.1, 0.15) is 38.6 Å². The Balaban J connectivity index is 1.71. The Bertz CT molecular complexity index is 1050. The second-order valence-corrected chi connectivity index (χ2v) is 7.46. The van der Waals surface area contributed by atoms with Crippen LogP contribution in [0.3, 0.4) is 0 Å². The molecule has 8 nitrogen and oxygen atoms in total. The minimum absolute atomic E-state index is 0.0206. The predicted molar refractivity (Wildman–Crippen MR) is 112 cm³/mol. The van der Waals surface area contributed by atoms with E-state index in [1.54, 1.807) is 13.1 Å². The van der Waals surface area contributed by atoms with Gasteiger partial charge in [-0.05, 0) is 45.7 Å². The fourth-order valence-electron chi connectivity index (χ4n) is 3.16. The number of amides is 1. The molecule has 0 spiro atoms. The van der Waals surface area contributed by atoms with E-state index in [0.717, 1.165) is 22.5 Å². The lowest BCUT2D eigenvalue weighted by molar-refractivity contribution is -0.141. The summed E-state index contributed by atoms with van der Waals surface area (Å²) in [5.74, 6) is -1.67. The summed E-state index contributed by atoms with van der Waals surface area (Å²) < 4.78 is 1.46. The van der Waals surface area contributed by atoms with Crippen molar-refractivity contribution < 1.29 is 14.7 Å². The SMILES string of the molecule is Cc1ccc(C[C@H](CNC(=O)c2cn(-c3nc(C)cc(C)n3)nc2C)C(=O)O)cc1. The van der Waals surface area contributed by atoms with E-state index in [0.29, 0.717) is 23.6 Å². The fourth-order valence-corrected chi connectivity index (χ4v) is 3.16. The molecule has 0 aliphatic heterocycles. The first-order chi connectivity index (χ1) is 14.2. The van der Waals surface area contributed by atoms with Crippen LogP contribution in [-0.4, -0.2) is 43.3 Å². The molecule has 0 bridgehead atoms. The predicted octanol–water partition coefficient (Wildman–Crippen LogP) is 2.57. The van der Waals surface area contributed by atoms with Gasteiger partial charge in [0.05, 0.1) is 17.2 Å². The third-order valence-corrected chi connectivity index (χ3v) is 4.78. The molecule has 2 heterocycles. The zero-order chi connectivity index (χ0) is 21.8. The van der Waals surface area contributed by atoms with Crippen molar-refractivity contribution in [2.24, 2.45) is 5.92 Å². The number of aryl methyl sites for hydroxylation is 4. The van der Waals surface area contributed by atoms with Crippen LogP contribution in [0.5, 0.6) is 0 Å². The molecule has 2 aromatic heterocycles. The molecule has 0 radical (unpaired) electrons. The first-order valence-electron chi connectivity index (χ1n) is 9.68. The number of nitrogens with one attached hydrogen (secondary N) is 1. The summed E-state index contributed by atoms with van der Waals surface area (Å²) in [6.07, 6.45) is 1.90. The number of carbonyl (C=O) groups is 2. The molecular formula is C22H25N5O3. The minimum Gasteiger partial charge on any atom is -0.481 e. The normalized spacial score (nSPS) is 11.9. The minimum atomic E-state index is -0.952. The van der Waals surface area contributed by atoms with Gasteiger partial charge in [0, 0.05) is 24.1 Å². The molecule has 0 aliphatic rings. The number of aliphatic carboxylic acids is 1. The molecule has 3 rings (SSSR count). The van der Waals surface area contributed by atoms with Crippen LogP contribution in [0.2, 0.25) is 0 Å². The van der Waals surface area contributed by atoms with Crippen LogP contribution in [-0.2, 0) is 11.2 Å². The molecule has 0 fully saturated rings. The maximum atomic E-state index is 12.7. The topological polar surface area (TPSA) is 110 Å². The van der Waals surface area contributed by atoms with Crippen LogP contribution in [0, 0.1) is 33.6 Å². The average Bonchev–Trinajstić information content (AvgIpc) is 3.07. The Hall–Kier alpha value is -3.55. The lowest BCUT2D eigenvalue weighted by Crippen LogP contribution is -2.34. The van der Waals surface area contributed by atoms with E-state index in [2.05, 4.69) is 20.4 Å². The number of hydrogen-bond acceptors (Lipinski definition) is 5. The van der Waals surface area contributed by atoms with Gasteiger partial charge in [0.2, 0.25) is 0 Å². The molecule has 0 saturated carbocycles. The van der Waals surface area contributed by atoms with E-state index < -0.39 is 11.9 Å². The third-order valence-electron chi connectivity index (χ3n) is 4.78. The highest BCUT2D eigenvalue weighted by atomic mass is 16.4. The van der Waals surface area contributed by atoms with Crippen molar-refractivity contribution in [3.8, 4) is 5.95 Å².